The van der Waals surface area contributed by atoms with E-state index in [1.165, 1.54) is 147 Å². The van der Waals surface area contributed by atoms with Gasteiger partial charge in [-0.15, -0.1) is 0 Å². The fourth-order valence-corrected chi connectivity index (χ4v) is 17.2. The minimum atomic E-state index is -0.0284. The molecular weight excluding hydrogens is 823 g/mol. The Morgan fingerprint density at radius 1 is 0.368 bits per heavy atom. The summed E-state index contributed by atoms with van der Waals surface area (Å²) in [7, 11) is 0. The number of fused-ring (bicyclic) bond motifs is 10. The van der Waals surface area contributed by atoms with Crippen LogP contribution in [0.15, 0.2) is 140 Å². The molecule has 3 nitrogen and oxygen atoms in total. The van der Waals surface area contributed by atoms with Gasteiger partial charge in [0.05, 0.1) is 39.8 Å². The van der Waals surface area contributed by atoms with Crippen molar-refractivity contribution in [1.29, 1.82) is 10.5 Å². The topological polar surface area (TPSA) is 52.0 Å². The molecule has 0 radical (unpaired) electrons. The molecule has 2 atom stereocenters. The van der Waals surface area contributed by atoms with Crippen molar-refractivity contribution in [3.8, 4) is 12.1 Å². The highest BCUT2D eigenvalue weighted by Gasteiger charge is 2.48. The molecule has 11 aromatic rings. The van der Waals surface area contributed by atoms with Gasteiger partial charge in [0.25, 0.3) is 0 Å². The second kappa shape index (κ2) is 11.9. The van der Waals surface area contributed by atoms with E-state index in [9.17, 15) is 10.5 Å². The summed E-state index contributed by atoms with van der Waals surface area (Å²) >= 11 is 0. The molecule has 316 valence electrons. The largest absolute Gasteiger partial charge is 0.308 e. The van der Waals surface area contributed by atoms with Crippen LogP contribution in [0, 0.1) is 34.5 Å². The highest BCUT2D eigenvalue weighted by atomic mass is 14.9. The van der Waals surface area contributed by atoms with E-state index in [1.807, 2.05) is 0 Å². The molecule has 3 heteroatoms. The zero-order valence-corrected chi connectivity index (χ0v) is 37.3. The Kier molecular flexibility index (Phi) is 6.19. The highest BCUT2D eigenvalue weighted by molar-refractivity contribution is 6.35. The van der Waals surface area contributed by atoms with Crippen LogP contribution in [0.3, 0.4) is 0 Å². The average molecular weight is 864 g/mol. The van der Waals surface area contributed by atoms with Gasteiger partial charge in [0.15, 0.2) is 0 Å². The minimum absolute atomic E-state index is 0.00810. The van der Waals surface area contributed by atoms with Crippen LogP contribution in [0.2, 0.25) is 0 Å². The van der Waals surface area contributed by atoms with Gasteiger partial charge in [-0.1, -0.05) is 115 Å². The van der Waals surface area contributed by atoms with E-state index in [2.05, 4.69) is 156 Å². The van der Waals surface area contributed by atoms with Crippen LogP contribution >= 0.6 is 0 Å². The third-order valence-electron chi connectivity index (χ3n) is 19.2. The zero-order chi connectivity index (χ0) is 44.0. The van der Waals surface area contributed by atoms with Crippen molar-refractivity contribution in [2.24, 2.45) is 11.8 Å². The molecule has 10 aliphatic rings. The van der Waals surface area contributed by atoms with Crippen molar-refractivity contribution in [2.75, 3.05) is 0 Å². The van der Waals surface area contributed by atoms with Crippen molar-refractivity contribution < 1.29 is 0 Å². The molecule has 0 N–H and O–H groups in total. The molecule has 0 saturated heterocycles. The molecule has 10 aliphatic carbocycles. The van der Waals surface area contributed by atoms with E-state index < -0.39 is 0 Å². The summed E-state index contributed by atoms with van der Waals surface area (Å²) in [6.45, 7) is 0. The SMILES string of the molecule is N#Cc1cc2c(c3c1C1c4ccccc4C3c3ccccc31)c1cc3c4cc5c(cc4ccc3c3c4c6c(c(C#N)cc4n2c13)C1c2ccccc2C6c2ccccc21)C1CC2CC(C1)CC5C2. The van der Waals surface area contributed by atoms with E-state index in [0.29, 0.717) is 11.8 Å². The lowest BCUT2D eigenvalue weighted by atomic mass is 9.59. The summed E-state index contributed by atoms with van der Waals surface area (Å²) in [5, 5.41) is 33.2. The standard InChI is InChI=1S/C65H41N3/c66-29-36-25-52-60(63-54(36)56-38-9-1-5-13-42(38)58(63)43-14-6-2-10-39(43)56)51-28-50-46(18-17-33-24-47-34-20-31-19-32(21-34)23-35(22-31)49(47)27-48(33)50)61-62-53(68(52)65(51)61)26-37(30-67)55-57-40-11-3-7-15-44(40)59(64(55)62)45-16-8-4-12-41(45)57/h1-18,24-28,31-32,34-35,56-59H,19-23H2. The Morgan fingerprint density at radius 2 is 0.809 bits per heavy atom. The zero-order valence-electron chi connectivity index (χ0n) is 37.3. The smallest absolute Gasteiger partial charge is 0.0995 e. The van der Waals surface area contributed by atoms with Crippen molar-refractivity contribution in [3.05, 3.63) is 229 Å². The Labute approximate surface area is 392 Å². The number of nitrogens with zero attached hydrogens (tertiary/aromatic N) is 3. The maximum atomic E-state index is 11.4. The van der Waals surface area contributed by atoms with Gasteiger partial charge >= 0.3 is 0 Å². The van der Waals surface area contributed by atoms with Crippen LogP contribution in [0.5, 0.6) is 0 Å². The van der Waals surface area contributed by atoms with E-state index in [0.717, 1.165) is 34.0 Å². The molecule has 2 saturated carbocycles. The molecule has 2 heterocycles. The monoisotopic (exact) mass is 863 g/mol. The predicted molar refractivity (Wildman–Crippen MR) is 271 cm³/mol. The van der Waals surface area contributed by atoms with Crippen molar-refractivity contribution >= 4 is 59.6 Å². The normalized spacial score (nSPS) is 24.7. The first-order valence-electron chi connectivity index (χ1n) is 25.1. The fourth-order valence-electron chi connectivity index (χ4n) is 17.2. The summed E-state index contributed by atoms with van der Waals surface area (Å²) in [5.41, 5.74) is 23.8. The number of aromatic nitrogens is 1. The van der Waals surface area contributed by atoms with E-state index in [-0.39, 0.29) is 23.7 Å². The first-order chi connectivity index (χ1) is 33.6. The second-order valence-corrected chi connectivity index (χ2v) is 21.9. The summed E-state index contributed by atoms with van der Waals surface area (Å²) in [4.78, 5) is 0. The van der Waals surface area contributed by atoms with Crippen LogP contribution in [-0.2, 0) is 0 Å². The first-order valence-corrected chi connectivity index (χ1v) is 25.1. The number of nitriles is 2. The fraction of sp³-hybridized carbons (Fsp3) is 0.200. The molecule has 0 amide bonds. The molecule has 21 rings (SSSR count). The molecule has 2 unspecified atom stereocenters. The maximum absolute atomic E-state index is 11.4. The van der Waals surface area contributed by atoms with Gasteiger partial charge in [0, 0.05) is 45.2 Å². The average Bonchev–Trinajstić information content (AvgIpc) is 3.85. The molecule has 2 aromatic heterocycles. The Balaban J connectivity index is 1.06. The summed E-state index contributed by atoms with van der Waals surface area (Å²) in [6, 6.07) is 58.9. The summed E-state index contributed by atoms with van der Waals surface area (Å²) < 4.78 is 2.51. The van der Waals surface area contributed by atoms with Gasteiger partial charge in [-0.05, 0) is 179 Å². The lowest BCUT2D eigenvalue weighted by molar-refractivity contribution is 0.166. The lowest BCUT2D eigenvalue weighted by Crippen LogP contribution is -2.28. The third kappa shape index (κ3) is 3.91. The molecule has 2 fully saturated rings. The molecule has 68 heavy (non-hydrogen) atoms. The Morgan fingerprint density at radius 3 is 1.29 bits per heavy atom. The quantitative estimate of drug-likeness (QED) is 0.143. The molecule has 0 aliphatic heterocycles. The Bertz CT molecular complexity index is 4230. The van der Waals surface area contributed by atoms with Crippen LogP contribution in [0.1, 0.15) is 157 Å². The van der Waals surface area contributed by atoms with E-state index in [1.54, 1.807) is 11.1 Å². The predicted octanol–water partition coefficient (Wildman–Crippen LogP) is 15.3. The van der Waals surface area contributed by atoms with Crippen molar-refractivity contribution in [3.63, 3.8) is 0 Å². The van der Waals surface area contributed by atoms with Gasteiger partial charge in [-0.25, -0.2) is 0 Å². The van der Waals surface area contributed by atoms with Crippen molar-refractivity contribution in [1.82, 2.24) is 4.40 Å². The van der Waals surface area contributed by atoms with Gasteiger partial charge in [-0.3, -0.25) is 0 Å². The number of hydrogen-bond donors (Lipinski definition) is 0. The minimum Gasteiger partial charge on any atom is -0.308 e. The van der Waals surface area contributed by atoms with Crippen LogP contribution in [0.25, 0.3) is 59.6 Å². The lowest BCUT2D eigenvalue weighted by Gasteiger charge is -2.43. The molecule has 0 spiro atoms. The maximum Gasteiger partial charge on any atom is 0.0995 e. The van der Waals surface area contributed by atoms with E-state index in [4.69, 9.17) is 0 Å². The highest BCUT2D eigenvalue weighted by Crippen LogP contribution is 2.63. The summed E-state index contributed by atoms with van der Waals surface area (Å²) in [5.74, 6) is 2.96. The van der Waals surface area contributed by atoms with Crippen LogP contribution in [0.4, 0.5) is 0 Å². The van der Waals surface area contributed by atoms with Crippen LogP contribution in [-0.4, -0.2) is 4.40 Å². The number of benzene rings is 9. The molecule has 9 aromatic carbocycles. The van der Waals surface area contributed by atoms with Gasteiger partial charge in [-0.2, -0.15) is 10.5 Å². The number of rotatable bonds is 0. The first kappa shape index (κ1) is 35.5. The molecule has 8 bridgehead atoms. The third-order valence-corrected chi connectivity index (χ3v) is 19.2. The van der Waals surface area contributed by atoms with Gasteiger partial charge < -0.3 is 4.40 Å². The Hall–Kier alpha value is -7.72. The second-order valence-electron chi connectivity index (χ2n) is 21.9. The van der Waals surface area contributed by atoms with Gasteiger partial charge in [0.1, 0.15) is 0 Å². The number of hydrogen-bond acceptors (Lipinski definition) is 2. The van der Waals surface area contributed by atoms with Gasteiger partial charge in [0.2, 0.25) is 0 Å². The summed E-state index contributed by atoms with van der Waals surface area (Å²) in [6.07, 6.45) is 6.81. The van der Waals surface area contributed by atoms with Crippen LogP contribution < -0.4 is 0 Å². The van der Waals surface area contributed by atoms with Crippen molar-refractivity contribution in [2.45, 2.75) is 67.6 Å². The van der Waals surface area contributed by atoms with E-state index >= 15 is 0 Å². The molecular formula is C65H41N3.